The number of hydrogen-bond acceptors (Lipinski definition) is 4. The minimum absolute atomic E-state index is 0.0788. The van der Waals surface area contributed by atoms with Gasteiger partial charge in [-0.2, -0.15) is 0 Å². The first kappa shape index (κ1) is 24.8. The SMILES string of the molecule is Cc1ccc(Cl)cc1N(CC(=O)NCc1cccc(N2CCCC2=O)c1)S(=O)(=O)c1ccccc1. The molecule has 0 radical (unpaired) electrons. The van der Waals surface area contributed by atoms with Gasteiger partial charge < -0.3 is 10.2 Å². The van der Waals surface area contributed by atoms with Crippen LogP contribution in [0.4, 0.5) is 11.4 Å². The summed E-state index contributed by atoms with van der Waals surface area (Å²) in [5.74, 6) is -0.378. The van der Waals surface area contributed by atoms with Crippen LogP contribution in [0.25, 0.3) is 0 Å². The normalized spacial score (nSPS) is 13.7. The van der Waals surface area contributed by atoms with Gasteiger partial charge in [0, 0.05) is 30.2 Å². The average Bonchev–Trinajstić information content (AvgIpc) is 3.29. The van der Waals surface area contributed by atoms with Crippen LogP contribution in [0, 0.1) is 6.92 Å². The first-order valence-corrected chi connectivity index (χ1v) is 13.1. The second-order valence-electron chi connectivity index (χ2n) is 8.35. The lowest BCUT2D eigenvalue weighted by molar-refractivity contribution is -0.120. The average molecular weight is 512 g/mol. The van der Waals surface area contributed by atoms with E-state index in [1.165, 1.54) is 12.1 Å². The maximum Gasteiger partial charge on any atom is 0.264 e. The Morgan fingerprint density at radius 3 is 2.54 bits per heavy atom. The molecule has 182 valence electrons. The molecule has 0 saturated carbocycles. The van der Waals surface area contributed by atoms with Gasteiger partial charge in [0.2, 0.25) is 11.8 Å². The molecular weight excluding hydrogens is 486 g/mol. The minimum atomic E-state index is -4.03. The minimum Gasteiger partial charge on any atom is -0.350 e. The van der Waals surface area contributed by atoms with E-state index in [-0.39, 0.29) is 17.3 Å². The maximum atomic E-state index is 13.5. The number of aryl methyl sites for hydroxylation is 1. The summed E-state index contributed by atoms with van der Waals surface area (Å²) in [7, 11) is -4.03. The first-order valence-electron chi connectivity index (χ1n) is 11.3. The van der Waals surface area contributed by atoms with Gasteiger partial charge in [-0.05, 0) is 60.9 Å². The van der Waals surface area contributed by atoms with Crippen molar-refractivity contribution in [2.75, 3.05) is 22.3 Å². The summed E-state index contributed by atoms with van der Waals surface area (Å²) in [5, 5.41) is 3.17. The van der Waals surface area contributed by atoms with Gasteiger partial charge in [0.25, 0.3) is 10.0 Å². The summed E-state index contributed by atoms with van der Waals surface area (Å²) < 4.78 is 28.1. The summed E-state index contributed by atoms with van der Waals surface area (Å²) in [4.78, 5) is 26.8. The summed E-state index contributed by atoms with van der Waals surface area (Å²) in [6.07, 6.45) is 1.37. The van der Waals surface area contributed by atoms with Gasteiger partial charge in [0.15, 0.2) is 0 Å². The third kappa shape index (κ3) is 5.66. The molecule has 35 heavy (non-hydrogen) atoms. The number of anilines is 2. The van der Waals surface area contributed by atoms with Crippen molar-refractivity contribution in [3.05, 3.63) is 88.9 Å². The number of rotatable bonds is 8. The number of sulfonamides is 1. The van der Waals surface area contributed by atoms with Crippen LogP contribution in [-0.2, 0) is 26.2 Å². The monoisotopic (exact) mass is 511 g/mol. The van der Waals surface area contributed by atoms with Crippen molar-refractivity contribution >= 4 is 44.8 Å². The van der Waals surface area contributed by atoms with Crippen molar-refractivity contribution in [3.63, 3.8) is 0 Å². The Hall–Kier alpha value is -3.36. The standard InChI is InChI=1S/C26H26ClN3O4S/c1-19-12-13-21(27)16-24(19)30(35(33,34)23-9-3-2-4-10-23)18-25(31)28-17-20-7-5-8-22(15-20)29-14-6-11-26(29)32/h2-5,7-10,12-13,15-16H,6,11,14,17-18H2,1H3,(H,28,31). The van der Waals surface area contributed by atoms with Crippen LogP contribution in [0.2, 0.25) is 5.02 Å². The third-order valence-corrected chi connectivity index (χ3v) is 7.85. The largest absolute Gasteiger partial charge is 0.350 e. The molecule has 7 nitrogen and oxygen atoms in total. The van der Waals surface area contributed by atoms with Gasteiger partial charge in [0.1, 0.15) is 6.54 Å². The van der Waals surface area contributed by atoms with E-state index in [9.17, 15) is 18.0 Å². The lowest BCUT2D eigenvalue weighted by Crippen LogP contribution is -2.41. The molecule has 1 saturated heterocycles. The van der Waals surface area contributed by atoms with E-state index >= 15 is 0 Å². The van der Waals surface area contributed by atoms with Crippen molar-refractivity contribution < 1.29 is 18.0 Å². The lowest BCUT2D eigenvalue weighted by Gasteiger charge is -2.26. The number of nitrogens with zero attached hydrogens (tertiary/aromatic N) is 2. The molecule has 3 aromatic carbocycles. The van der Waals surface area contributed by atoms with Crippen LogP contribution in [0.3, 0.4) is 0 Å². The van der Waals surface area contributed by atoms with E-state index in [4.69, 9.17) is 11.6 Å². The number of carbonyl (C=O) groups excluding carboxylic acids is 2. The highest BCUT2D eigenvalue weighted by Gasteiger charge is 2.28. The fraction of sp³-hybridized carbons (Fsp3) is 0.231. The van der Waals surface area contributed by atoms with Crippen LogP contribution >= 0.6 is 11.6 Å². The Morgan fingerprint density at radius 1 is 1.06 bits per heavy atom. The number of benzene rings is 3. The van der Waals surface area contributed by atoms with Crippen molar-refractivity contribution in [3.8, 4) is 0 Å². The predicted octanol–water partition coefficient (Wildman–Crippen LogP) is 4.29. The van der Waals surface area contributed by atoms with Crippen LogP contribution in [0.15, 0.2) is 77.7 Å². The van der Waals surface area contributed by atoms with Gasteiger partial charge in [-0.1, -0.05) is 48.0 Å². The molecule has 0 aromatic heterocycles. The molecular formula is C26H26ClN3O4S. The Labute approximate surface area is 210 Å². The van der Waals surface area contributed by atoms with E-state index in [0.29, 0.717) is 29.2 Å². The van der Waals surface area contributed by atoms with E-state index in [2.05, 4.69) is 5.32 Å². The van der Waals surface area contributed by atoms with Crippen LogP contribution in [-0.4, -0.2) is 33.3 Å². The molecule has 3 aromatic rings. The molecule has 0 aliphatic carbocycles. The van der Waals surface area contributed by atoms with E-state index in [1.54, 1.807) is 48.2 Å². The number of carbonyl (C=O) groups is 2. The Balaban J connectivity index is 1.54. The number of nitrogens with one attached hydrogen (secondary N) is 1. The van der Waals surface area contributed by atoms with Gasteiger partial charge in [-0.15, -0.1) is 0 Å². The van der Waals surface area contributed by atoms with E-state index in [1.807, 2.05) is 24.3 Å². The van der Waals surface area contributed by atoms with Crippen LogP contribution < -0.4 is 14.5 Å². The quantitative estimate of drug-likeness (QED) is 0.489. The van der Waals surface area contributed by atoms with Crippen molar-refractivity contribution in [2.24, 2.45) is 0 Å². The van der Waals surface area contributed by atoms with Gasteiger partial charge in [-0.25, -0.2) is 8.42 Å². The fourth-order valence-corrected chi connectivity index (χ4v) is 5.68. The Bertz CT molecular complexity index is 1350. The number of hydrogen-bond donors (Lipinski definition) is 1. The van der Waals surface area contributed by atoms with Gasteiger partial charge in [-0.3, -0.25) is 13.9 Å². The lowest BCUT2D eigenvalue weighted by atomic mass is 10.2. The Morgan fingerprint density at radius 2 is 1.83 bits per heavy atom. The van der Waals surface area contributed by atoms with Gasteiger partial charge in [0.05, 0.1) is 10.6 Å². The van der Waals surface area contributed by atoms with Crippen molar-refractivity contribution in [2.45, 2.75) is 31.2 Å². The maximum absolute atomic E-state index is 13.5. The second-order valence-corrected chi connectivity index (χ2v) is 10.6. The highest BCUT2D eigenvalue weighted by Crippen LogP contribution is 2.29. The molecule has 1 aliphatic heterocycles. The highest BCUT2D eigenvalue weighted by molar-refractivity contribution is 7.92. The summed E-state index contributed by atoms with van der Waals surface area (Å²) in [6, 6.07) is 20.3. The van der Waals surface area contributed by atoms with Crippen LogP contribution in [0.1, 0.15) is 24.0 Å². The van der Waals surface area contributed by atoms with Gasteiger partial charge >= 0.3 is 0 Å². The highest BCUT2D eigenvalue weighted by atomic mass is 35.5. The molecule has 2 amide bonds. The molecule has 0 atom stereocenters. The van der Waals surface area contributed by atoms with Crippen LogP contribution in [0.5, 0.6) is 0 Å². The molecule has 0 bridgehead atoms. The zero-order chi connectivity index (χ0) is 25.0. The molecule has 1 fully saturated rings. The fourth-order valence-electron chi connectivity index (χ4n) is 4.01. The summed E-state index contributed by atoms with van der Waals surface area (Å²) in [6.45, 7) is 2.23. The number of halogens is 1. The molecule has 4 rings (SSSR count). The predicted molar refractivity (Wildman–Crippen MR) is 137 cm³/mol. The zero-order valence-corrected chi connectivity index (χ0v) is 20.8. The Kier molecular flexibility index (Phi) is 7.42. The van der Waals surface area contributed by atoms with Crippen molar-refractivity contribution in [1.29, 1.82) is 0 Å². The summed E-state index contributed by atoms with van der Waals surface area (Å²) >= 11 is 6.16. The van der Waals surface area contributed by atoms with E-state index < -0.39 is 22.5 Å². The topological polar surface area (TPSA) is 86.8 Å². The molecule has 9 heteroatoms. The van der Waals surface area contributed by atoms with E-state index in [0.717, 1.165) is 22.0 Å². The second kappa shape index (κ2) is 10.5. The molecule has 0 unspecified atom stereocenters. The third-order valence-electron chi connectivity index (χ3n) is 5.84. The summed E-state index contributed by atoms with van der Waals surface area (Å²) in [5.41, 5.74) is 2.62. The molecule has 1 aliphatic rings. The molecule has 1 heterocycles. The molecule has 0 spiro atoms. The zero-order valence-electron chi connectivity index (χ0n) is 19.3. The smallest absolute Gasteiger partial charge is 0.264 e. The van der Waals surface area contributed by atoms with Crippen molar-refractivity contribution in [1.82, 2.24) is 5.32 Å². The number of amides is 2. The first-order chi connectivity index (χ1) is 16.8. The molecule has 1 N–H and O–H groups in total.